The number of nitrogens with two attached hydrogens (primary N) is 2. The van der Waals surface area contributed by atoms with Gasteiger partial charge in [0.25, 0.3) is 0 Å². The quantitative estimate of drug-likeness (QED) is 0.737. The molecule has 0 amide bonds. The van der Waals surface area contributed by atoms with Gasteiger partial charge < -0.3 is 15.8 Å². The first kappa shape index (κ1) is 14.4. The van der Waals surface area contributed by atoms with Crippen molar-refractivity contribution in [2.75, 3.05) is 18.7 Å². The normalized spacial score (nSPS) is 16.7. The lowest BCUT2D eigenvalue weighted by molar-refractivity contribution is 0.415. The average molecular weight is 296 g/mol. The van der Waals surface area contributed by atoms with Crippen molar-refractivity contribution in [3.8, 4) is 5.75 Å². The lowest BCUT2D eigenvalue weighted by Crippen LogP contribution is -2.35. The molecule has 0 bridgehead atoms. The van der Waals surface area contributed by atoms with Gasteiger partial charge in [0.15, 0.2) is 0 Å². The molecule has 1 aliphatic rings. The lowest BCUT2D eigenvalue weighted by atomic mass is 10.1. The number of benzene rings is 2. The van der Waals surface area contributed by atoms with Gasteiger partial charge in [-0.1, -0.05) is 18.2 Å². The van der Waals surface area contributed by atoms with Gasteiger partial charge in [-0.3, -0.25) is 5.01 Å². The van der Waals surface area contributed by atoms with Crippen LogP contribution in [0.5, 0.6) is 5.75 Å². The zero-order chi connectivity index (χ0) is 15.5. The minimum Gasteiger partial charge on any atom is -0.497 e. The van der Waals surface area contributed by atoms with Crippen LogP contribution in [0.25, 0.3) is 5.70 Å². The summed E-state index contributed by atoms with van der Waals surface area (Å²) in [6.45, 7) is 1.38. The van der Waals surface area contributed by atoms with E-state index in [0.29, 0.717) is 12.2 Å². The molecule has 2 aromatic rings. The molecule has 5 N–H and O–H groups in total. The molecular weight excluding hydrogens is 276 g/mol. The zero-order valence-electron chi connectivity index (χ0n) is 12.5. The van der Waals surface area contributed by atoms with Crippen molar-refractivity contribution in [1.29, 1.82) is 0 Å². The van der Waals surface area contributed by atoms with Gasteiger partial charge in [-0.25, -0.2) is 5.84 Å². The van der Waals surface area contributed by atoms with Gasteiger partial charge in [0.1, 0.15) is 5.75 Å². The van der Waals surface area contributed by atoms with Crippen molar-refractivity contribution in [3.63, 3.8) is 0 Å². The summed E-state index contributed by atoms with van der Waals surface area (Å²) in [5.74, 6) is 7.12. The van der Waals surface area contributed by atoms with Gasteiger partial charge >= 0.3 is 0 Å². The molecule has 0 saturated carbocycles. The summed E-state index contributed by atoms with van der Waals surface area (Å²) in [6, 6.07) is 15.7. The second kappa shape index (κ2) is 6.09. The summed E-state index contributed by atoms with van der Waals surface area (Å²) in [5, 5.41) is 5.05. The molecule has 0 aromatic heterocycles. The first-order valence-electron chi connectivity index (χ1n) is 7.17. The fraction of sp³-hybridized carbons (Fsp3) is 0.176. The van der Waals surface area contributed by atoms with Crippen LogP contribution in [0.3, 0.4) is 0 Å². The highest BCUT2D eigenvalue weighted by molar-refractivity contribution is 5.72. The number of fused-ring (bicyclic) bond motifs is 1. The fourth-order valence-corrected chi connectivity index (χ4v) is 2.60. The molecule has 0 radical (unpaired) electrons. The van der Waals surface area contributed by atoms with E-state index in [1.807, 2.05) is 42.5 Å². The smallest absolute Gasteiger partial charge is 0.118 e. The molecule has 0 aliphatic carbocycles. The Bertz CT molecular complexity index is 694. The van der Waals surface area contributed by atoms with Crippen LogP contribution in [0, 0.1) is 0 Å². The molecule has 22 heavy (non-hydrogen) atoms. The number of rotatable bonds is 2. The maximum absolute atomic E-state index is 6.36. The maximum Gasteiger partial charge on any atom is 0.118 e. The molecule has 5 nitrogen and oxygen atoms in total. The number of hydrogen-bond donors (Lipinski definition) is 3. The largest absolute Gasteiger partial charge is 0.497 e. The van der Waals surface area contributed by atoms with Gasteiger partial charge in [0, 0.05) is 13.1 Å². The molecule has 0 atom stereocenters. The van der Waals surface area contributed by atoms with E-state index in [0.717, 1.165) is 34.8 Å². The number of para-hydroxylation sites is 1. The number of nitrogens with zero attached hydrogens (tertiary/aromatic N) is 1. The van der Waals surface area contributed by atoms with E-state index < -0.39 is 0 Å². The molecule has 114 valence electrons. The number of methoxy groups -OCH3 is 1. The van der Waals surface area contributed by atoms with Gasteiger partial charge in [0.05, 0.1) is 24.2 Å². The third-order valence-corrected chi connectivity index (χ3v) is 3.86. The van der Waals surface area contributed by atoms with Crippen LogP contribution in [0.15, 0.2) is 54.2 Å². The number of hydrazine groups is 1. The number of hydrogen-bond acceptors (Lipinski definition) is 5. The van der Waals surface area contributed by atoms with Crippen LogP contribution in [-0.4, -0.2) is 13.7 Å². The molecule has 1 aliphatic heterocycles. The second-order valence-corrected chi connectivity index (χ2v) is 5.19. The van der Waals surface area contributed by atoms with E-state index in [9.17, 15) is 0 Å². The average Bonchev–Trinajstić information content (AvgIpc) is 2.74. The van der Waals surface area contributed by atoms with Crippen LogP contribution in [0.4, 0.5) is 5.69 Å². The minimum absolute atomic E-state index is 0.614. The van der Waals surface area contributed by atoms with Gasteiger partial charge in [0.2, 0.25) is 0 Å². The first-order valence-corrected chi connectivity index (χ1v) is 7.17. The molecule has 0 saturated heterocycles. The minimum atomic E-state index is 0.614. The van der Waals surface area contributed by atoms with Crippen molar-refractivity contribution in [1.82, 2.24) is 5.32 Å². The van der Waals surface area contributed by atoms with Crippen molar-refractivity contribution < 1.29 is 4.74 Å². The van der Waals surface area contributed by atoms with E-state index in [1.54, 1.807) is 12.1 Å². The Morgan fingerprint density at radius 1 is 1.09 bits per heavy atom. The molecule has 1 heterocycles. The van der Waals surface area contributed by atoms with Crippen molar-refractivity contribution in [2.24, 2.45) is 11.6 Å². The van der Waals surface area contributed by atoms with Crippen molar-refractivity contribution >= 4 is 11.4 Å². The van der Waals surface area contributed by atoms with E-state index in [2.05, 4.69) is 11.4 Å². The van der Waals surface area contributed by atoms with Crippen LogP contribution in [0.1, 0.15) is 11.1 Å². The van der Waals surface area contributed by atoms with Gasteiger partial charge in [-0.15, -0.1) is 0 Å². The predicted octanol–water partition coefficient (Wildman–Crippen LogP) is 1.81. The Kier molecular flexibility index (Phi) is 4.00. The summed E-state index contributed by atoms with van der Waals surface area (Å²) in [6.07, 6.45) is 0. The van der Waals surface area contributed by atoms with Gasteiger partial charge in [-0.2, -0.15) is 0 Å². The van der Waals surface area contributed by atoms with Gasteiger partial charge in [-0.05, 0) is 41.5 Å². The van der Waals surface area contributed by atoms with Crippen LogP contribution in [-0.2, 0) is 6.54 Å². The first-order chi connectivity index (χ1) is 10.7. The van der Waals surface area contributed by atoms with Crippen LogP contribution < -0.4 is 26.6 Å². The van der Waals surface area contributed by atoms with E-state index >= 15 is 0 Å². The second-order valence-electron chi connectivity index (χ2n) is 5.19. The zero-order valence-corrected chi connectivity index (χ0v) is 12.5. The maximum atomic E-state index is 6.36. The van der Waals surface area contributed by atoms with Crippen molar-refractivity contribution in [2.45, 2.75) is 6.54 Å². The number of nitrogens with one attached hydrogen (secondary N) is 1. The summed E-state index contributed by atoms with van der Waals surface area (Å²) < 4.78 is 5.18. The molecule has 3 rings (SSSR count). The Hall–Kier alpha value is -2.50. The SMILES string of the molecule is COc1ccc(/C(N)=C2\CNCc3ccccc3N2N)cc1. The Labute approximate surface area is 130 Å². The highest BCUT2D eigenvalue weighted by Gasteiger charge is 2.19. The monoisotopic (exact) mass is 296 g/mol. The molecule has 0 unspecified atom stereocenters. The summed E-state index contributed by atoms with van der Waals surface area (Å²) >= 11 is 0. The molecule has 2 aromatic carbocycles. The standard InChI is InChI=1S/C17H20N4O/c1-22-14-8-6-12(7-9-14)17(18)16-11-20-10-13-4-2-3-5-15(13)21(16)19/h2-9,20H,10-11,18-19H2,1H3/b17-16-. The fourth-order valence-electron chi connectivity index (χ4n) is 2.60. The molecule has 5 heteroatoms. The van der Waals surface area contributed by atoms with E-state index in [4.69, 9.17) is 16.3 Å². The number of ether oxygens (including phenoxy) is 1. The number of anilines is 1. The highest BCUT2D eigenvalue weighted by atomic mass is 16.5. The van der Waals surface area contributed by atoms with E-state index in [1.165, 1.54) is 0 Å². The molecule has 0 fully saturated rings. The third kappa shape index (κ3) is 2.64. The molecule has 0 spiro atoms. The predicted molar refractivity (Wildman–Crippen MR) is 88.9 cm³/mol. The van der Waals surface area contributed by atoms with Crippen molar-refractivity contribution in [3.05, 3.63) is 65.4 Å². The summed E-state index contributed by atoms with van der Waals surface area (Å²) in [5.41, 5.74) is 10.9. The van der Waals surface area contributed by atoms with E-state index in [-0.39, 0.29) is 0 Å². The Morgan fingerprint density at radius 3 is 2.55 bits per heavy atom. The lowest BCUT2D eigenvalue weighted by Gasteiger charge is -2.23. The molecular formula is C17H20N4O. The summed E-state index contributed by atoms with van der Waals surface area (Å²) in [4.78, 5) is 0. The summed E-state index contributed by atoms with van der Waals surface area (Å²) in [7, 11) is 1.64. The van der Waals surface area contributed by atoms with Crippen LogP contribution >= 0.6 is 0 Å². The highest BCUT2D eigenvalue weighted by Crippen LogP contribution is 2.27. The third-order valence-electron chi connectivity index (χ3n) is 3.86. The Balaban J connectivity index is 2.01. The topological polar surface area (TPSA) is 76.5 Å². The Morgan fingerprint density at radius 2 is 1.82 bits per heavy atom. The van der Waals surface area contributed by atoms with Crippen LogP contribution in [0.2, 0.25) is 0 Å².